The molecule has 0 spiro atoms. The van der Waals surface area contributed by atoms with Crippen LogP contribution in [0, 0.1) is 5.82 Å². The number of hydrogen-bond acceptors (Lipinski definition) is 6. The molecule has 1 aliphatic heterocycles. The summed E-state index contributed by atoms with van der Waals surface area (Å²) in [5.74, 6) is -0.193. The Morgan fingerprint density at radius 3 is 2.45 bits per heavy atom. The number of rotatable bonds is 3. The number of amides is 1. The number of benzene rings is 1. The van der Waals surface area contributed by atoms with Crippen molar-refractivity contribution >= 4 is 22.5 Å². The van der Waals surface area contributed by atoms with Gasteiger partial charge in [-0.15, -0.1) is 0 Å². The third-order valence-electron chi connectivity index (χ3n) is 5.04. The van der Waals surface area contributed by atoms with Crippen molar-refractivity contribution in [2.75, 3.05) is 38.2 Å². The fourth-order valence-electron chi connectivity index (χ4n) is 3.48. The number of halogens is 1. The van der Waals surface area contributed by atoms with E-state index < -0.39 is 5.82 Å². The van der Waals surface area contributed by atoms with E-state index in [1.165, 1.54) is 24.9 Å². The maximum absolute atomic E-state index is 13.6. The average Bonchev–Trinajstić information content (AvgIpc) is 2.76. The molecule has 9 heteroatoms. The van der Waals surface area contributed by atoms with E-state index in [-0.39, 0.29) is 23.0 Å². The highest BCUT2D eigenvalue weighted by Crippen LogP contribution is 2.22. The lowest BCUT2D eigenvalue weighted by Gasteiger charge is -2.35. The van der Waals surface area contributed by atoms with Crippen LogP contribution in [0.1, 0.15) is 10.5 Å². The number of hydrogen-bond donors (Lipinski definition) is 0. The van der Waals surface area contributed by atoms with Crippen molar-refractivity contribution in [2.45, 2.75) is 0 Å². The first-order valence-electron chi connectivity index (χ1n) is 9.20. The second kappa shape index (κ2) is 7.50. The summed E-state index contributed by atoms with van der Waals surface area (Å²) in [6.45, 7) is 1.99. The summed E-state index contributed by atoms with van der Waals surface area (Å²) in [5, 5.41) is 5.23. The Hall–Kier alpha value is -3.49. The molecule has 3 aromatic rings. The predicted molar refractivity (Wildman–Crippen MR) is 106 cm³/mol. The molecule has 0 aliphatic carbocycles. The van der Waals surface area contributed by atoms with Crippen molar-refractivity contribution < 1.29 is 13.9 Å². The Morgan fingerprint density at radius 2 is 1.76 bits per heavy atom. The van der Waals surface area contributed by atoms with Crippen LogP contribution in [0.25, 0.3) is 10.8 Å². The van der Waals surface area contributed by atoms with Crippen LogP contribution in [0.4, 0.5) is 10.2 Å². The number of pyridine rings is 1. The summed E-state index contributed by atoms with van der Waals surface area (Å²) < 4.78 is 19.7. The Bertz CT molecular complexity index is 1140. The van der Waals surface area contributed by atoms with Crippen LogP contribution in [-0.4, -0.2) is 58.9 Å². The first-order chi connectivity index (χ1) is 14.0. The van der Waals surface area contributed by atoms with Crippen LogP contribution in [0.15, 0.2) is 41.2 Å². The minimum atomic E-state index is -0.516. The highest BCUT2D eigenvalue weighted by atomic mass is 19.1. The van der Waals surface area contributed by atoms with Crippen molar-refractivity contribution in [1.82, 2.24) is 19.7 Å². The van der Waals surface area contributed by atoms with Crippen LogP contribution >= 0.6 is 0 Å². The van der Waals surface area contributed by atoms with E-state index in [9.17, 15) is 14.0 Å². The summed E-state index contributed by atoms with van der Waals surface area (Å²) in [6.07, 6.45) is 0. The number of piperazine rings is 1. The molecule has 1 aromatic carbocycles. The van der Waals surface area contributed by atoms with Crippen LogP contribution in [0.2, 0.25) is 0 Å². The van der Waals surface area contributed by atoms with Gasteiger partial charge in [-0.3, -0.25) is 9.59 Å². The number of carbonyl (C=O) groups excluding carboxylic acids is 1. The molecule has 0 N–H and O–H groups in total. The molecule has 29 heavy (non-hydrogen) atoms. The first kappa shape index (κ1) is 18.9. The Kier molecular flexibility index (Phi) is 4.87. The molecule has 3 heterocycles. The monoisotopic (exact) mass is 397 g/mol. The fraction of sp³-hybridized carbons (Fsp3) is 0.300. The van der Waals surface area contributed by atoms with Gasteiger partial charge in [0.2, 0.25) is 0 Å². The summed E-state index contributed by atoms with van der Waals surface area (Å²) in [5.41, 5.74) is 0.0241. The lowest BCUT2D eigenvalue weighted by atomic mass is 10.1. The molecule has 8 nitrogen and oxygen atoms in total. The van der Waals surface area contributed by atoms with Gasteiger partial charge in [-0.1, -0.05) is 18.2 Å². The van der Waals surface area contributed by atoms with Gasteiger partial charge in [-0.25, -0.2) is 9.07 Å². The Morgan fingerprint density at radius 1 is 1.07 bits per heavy atom. The van der Waals surface area contributed by atoms with Crippen molar-refractivity contribution in [3.05, 3.63) is 58.3 Å². The van der Waals surface area contributed by atoms with Gasteiger partial charge in [0.05, 0.1) is 12.5 Å². The Labute approximate surface area is 166 Å². The lowest BCUT2D eigenvalue weighted by molar-refractivity contribution is 0.0740. The largest absolute Gasteiger partial charge is 0.479 e. The first-order valence-corrected chi connectivity index (χ1v) is 9.20. The summed E-state index contributed by atoms with van der Waals surface area (Å²) in [6, 6.07) is 9.90. The molecule has 0 radical (unpaired) electrons. The van der Waals surface area contributed by atoms with Crippen LogP contribution in [0.5, 0.6) is 5.88 Å². The number of aromatic nitrogens is 3. The van der Waals surface area contributed by atoms with E-state index >= 15 is 0 Å². The van der Waals surface area contributed by atoms with E-state index in [0.717, 1.165) is 0 Å². The van der Waals surface area contributed by atoms with Crippen molar-refractivity contribution in [3.63, 3.8) is 0 Å². The van der Waals surface area contributed by atoms with Gasteiger partial charge < -0.3 is 14.5 Å². The van der Waals surface area contributed by atoms with Gasteiger partial charge in [0.15, 0.2) is 11.5 Å². The second-order valence-corrected chi connectivity index (χ2v) is 6.76. The van der Waals surface area contributed by atoms with Crippen LogP contribution in [-0.2, 0) is 7.05 Å². The molecule has 1 amide bonds. The zero-order valence-corrected chi connectivity index (χ0v) is 16.1. The number of methoxy groups -OCH3 is 1. The standard InChI is InChI=1S/C20H20FN5O3/c1-24-19(27)14-6-4-3-5-13(14)17(23-24)20(28)26-11-9-25(10-12-26)16-8-7-15(21)18(22-16)29-2/h3-8H,9-12H2,1-2H3. The highest BCUT2D eigenvalue weighted by Gasteiger charge is 2.26. The highest BCUT2D eigenvalue weighted by molar-refractivity contribution is 6.04. The quantitative estimate of drug-likeness (QED) is 0.665. The summed E-state index contributed by atoms with van der Waals surface area (Å²) in [7, 11) is 2.91. The zero-order chi connectivity index (χ0) is 20.5. The fourth-order valence-corrected chi connectivity index (χ4v) is 3.48. The third-order valence-corrected chi connectivity index (χ3v) is 5.04. The number of nitrogens with zero attached hydrogens (tertiary/aromatic N) is 5. The molecule has 0 bridgehead atoms. The smallest absolute Gasteiger partial charge is 0.275 e. The minimum Gasteiger partial charge on any atom is -0.479 e. The minimum absolute atomic E-state index is 0.0538. The normalized spacial score (nSPS) is 14.3. The number of ether oxygens (including phenoxy) is 1. The van der Waals surface area contributed by atoms with E-state index in [1.54, 1.807) is 35.2 Å². The van der Waals surface area contributed by atoms with Crippen molar-refractivity contribution in [2.24, 2.45) is 7.05 Å². The molecule has 1 aliphatic rings. The van der Waals surface area contributed by atoms with E-state index in [4.69, 9.17) is 4.74 Å². The molecule has 1 fully saturated rings. The van der Waals surface area contributed by atoms with Gasteiger partial charge >= 0.3 is 0 Å². The molecule has 0 atom stereocenters. The summed E-state index contributed by atoms with van der Waals surface area (Å²) in [4.78, 5) is 33.2. The van der Waals surface area contributed by atoms with Gasteiger partial charge in [0.1, 0.15) is 5.82 Å². The molecule has 4 rings (SSSR count). The van der Waals surface area contributed by atoms with Gasteiger partial charge in [0, 0.05) is 38.6 Å². The number of carbonyl (C=O) groups is 1. The topological polar surface area (TPSA) is 80.6 Å². The average molecular weight is 397 g/mol. The van der Waals surface area contributed by atoms with Crippen molar-refractivity contribution in [1.29, 1.82) is 0 Å². The molecule has 150 valence electrons. The van der Waals surface area contributed by atoms with Gasteiger partial charge in [0.25, 0.3) is 17.3 Å². The van der Waals surface area contributed by atoms with E-state index in [1.807, 2.05) is 4.90 Å². The number of aryl methyl sites for hydroxylation is 1. The molecule has 1 saturated heterocycles. The third kappa shape index (κ3) is 3.39. The predicted octanol–water partition coefficient (Wildman–Crippen LogP) is 1.44. The van der Waals surface area contributed by atoms with Crippen molar-refractivity contribution in [3.8, 4) is 5.88 Å². The number of fused-ring (bicyclic) bond motifs is 1. The van der Waals surface area contributed by atoms with E-state index in [2.05, 4.69) is 10.1 Å². The zero-order valence-electron chi connectivity index (χ0n) is 16.1. The molecule has 0 saturated carbocycles. The maximum atomic E-state index is 13.6. The van der Waals surface area contributed by atoms with Gasteiger partial charge in [-0.05, 0) is 18.2 Å². The molecular formula is C20H20FN5O3. The van der Waals surface area contributed by atoms with Crippen LogP contribution < -0.4 is 15.2 Å². The van der Waals surface area contributed by atoms with E-state index in [0.29, 0.717) is 42.8 Å². The molecule has 0 unspecified atom stereocenters. The lowest BCUT2D eigenvalue weighted by Crippen LogP contribution is -2.49. The maximum Gasteiger partial charge on any atom is 0.275 e. The SMILES string of the molecule is COc1nc(N2CCN(C(=O)c3nn(C)c(=O)c4ccccc34)CC2)ccc1F. The Balaban J connectivity index is 1.55. The number of anilines is 1. The van der Waals surface area contributed by atoms with Crippen LogP contribution in [0.3, 0.4) is 0 Å². The summed E-state index contributed by atoms with van der Waals surface area (Å²) >= 11 is 0. The second-order valence-electron chi connectivity index (χ2n) is 6.76. The molecule has 2 aromatic heterocycles. The molecular weight excluding hydrogens is 377 g/mol. The van der Waals surface area contributed by atoms with Gasteiger partial charge in [-0.2, -0.15) is 10.1 Å².